The van der Waals surface area contributed by atoms with Crippen LogP contribution >= 0.6 is 0 Å². The normalized spacial score (nSPS) is 18.1. The van der Waals surface area contributed by atoms with Gasteiger partial charge < -0.3 is 10.4 Å². The summed E-state index contributed by atoms with van der Waals surface area (Å²) in [6.45, 7) is 0.102. The molecule has 0 atom stereocenters. The Balaban J connectivity index is 2.15. The van der Waals surface area contributed by atoms with Gasteiger partial charge in [-0.05, 0) is 43.5 Å². The zero-order valence-corrected chi connectivity index (χ0v) is 12.1. The predicted octanol–water partition coefficient (Wildman–Crippen LogP) is 1.26. The summed E-state index contributed by atoms with van der Waals surface area (Å²) in [4.78, 5) is 0.273. The molecule has 0 aliphatic heterocycles. The van der Waals surface area contributed by atoms with Crippen molar-refractivity contribution in [3.05, 3.63) is 24.3 Å². The minimum Gasteiger partial charge on any atom is -0.394 e. The number of rotatable bonds is 5. The van der Waals surface area contributed by atoms with Crippen LogP contribution in [-0.4, -0.2) is 44.1 Å². The number of aliphatic hydroxyl groups is 1. The molecular weight excluding hydrogens is 264 g/mol. The summed E-state index contributed by atoms with van der Waals surface area (Å²) < 4.78 is 25.0. The van der Waals surface area contributed by atoms with Crippen LogP contribution in [0.15, 0.2) is 29.2 Å². The molecule has 6 heteroatoms. The number of nitrogens with zero attached hydrogens (tertiary/aromatic N) is 1. The standard InChI is InChI=1S/C13H20N2O3S/c1-15(2)19(17,18)12-6-4-11(5-7-12)14-13(10-16)8-3-9-13/h4-7,14,16H,3,8-10H2,1-2H3. The fraction of sp³-hybridized carbons (Fsp3) is 0.538. The van der Waals surface area contributed by atoms with Crippen LogP contribution in [0.4, 0.5) is 5.69 Å². The quantitative estimate of drug-likeness (QED) is 0.854. The van der Waals surface area contributed by atoms with Gasteiger partial charge in [0.25, 0.3) is 0 Å². The third-order valence-corrected chi connectivity index (χ3v) is 5.49. The molecule has 0 radical (unpaired) electrons. The van der Waals surface area contributed by atoms with Crippen molar-refractivity contribution in [2.45, 2.75) is 29.7 Å². The summed E-state index contributed by atoms with van der Waals surface area (Å²) in [5.41, 5.74) is 0.619. The lowest BCUT2D eigenvalue weighted by molar-refractivity contribution is 0.144. The summed E-state index contributed by atoms with van der Waals surface area (Å²) in [5.74, 6) is 0. The predicted molar refractivity (Wildman–Crippen MR) is 74.6 cm³/mol. The average molecular weight is 284 g/mol. The largest absolute Gasteiger partial charge is 0.394 e. The maximum Gasteiger partial charge on any atom is 0.242 e. The topological polar surface area (TPSA) is 69.6 Å². The third-order valence-electron chi connectivity index (χ3n) is 3.66. The van der Waals surface area contributed by atoms with E-state index in [2.05, 4.69) is 5.32 Å². The van der Waals surface area contributed by atoms with E-state index in [-0.39, 0.29) is 17.0 Å². The zero-order valence-electron chi connectivity index (χ0n) is 11.3. The molecule has 2 N–H and O–H groups in total. The second-order valence-electron chi connectivity index (χ2n) is 5.23. The molecule has 1 fully saturated rings. The molecule has 0 spiro atoms. The summed E-state index contributed by atoms with van der Waals surface area (Å²) in [6, 6.07) is 6.65. The maximum absolute atomic E-state index is 11.9. The third kappa shape index (κ3) is 2.75. The fourth-order valence-electron chi connectivity index (χ4n) is 2.15. The molecule has 0 heterocycles. The van der Waals surface area contributed by atoms with Crippen molar-refractivity contribution in [2.75, 3.05) is 26.0 Å². The fourth-order valence-corrected chi connectivity index (χ4v) is 3.06. The van der Waals surface area contributed by atoms with Gasteiger partial charge in [-0.15, -0.1) is 0 Å². The van der Waals surface area contributed by atoms with Crippen molar-refractivity contribution in [3.63, 3.8) is 0 Å². The van der Waals surface area contributed by atoms with Gasteiger partial charge in [-0.1, -0.05) is 0 Å². The number of aliphatic hydroxyl groups excluding tert-OH is 1. The Morgan fingerprint density at radius 3 is 2.21 bits per heavy atom. The molecule has 19 heavy (non-hydrogen) atoms. The second kappa shape index (κ2) is 5.11. The number of hydrogen-bond donors (Lipinski definition) is 2. The minimum atomic E-state index is -3.38. The van der Waals surface area contributed by atoms with E-state index in [1.54, 1.807) is 24.3 Å². The van der Waals surface area contributed by atoms with Crippen molar-refractivity contribution in [1.29, 1.82) is 0 Å². The van der Waals surface area contributed by atoms with E-state index in [1.807, 2.05) is 0 Å². The molecule has 1 aromatic carbocycles. The van der Waals surface area contributed by atoms with Crippen molar-refractivity contribution >= 4 is 15.7 Å². The molecule has 1 aromatic rings. The summed E-state index contributed by atoms with van der Waals surface area (Å²) in [7, 11) is -0.357. The van der Waals surface area contributed by atoms with Gasteiger partial charge >= 0.3 is 0 Å². The molecule has 0 aromatic heterocycles. The van der Waals surface area contributed by atoms with Gasteiger partial charge in [0.05, 0.1) is 17.0 Å². The van der Waals surface area contributed by atoms with Gasteiger partial charge in [0, 0.05) is 19.8 Å². The van der Waals surface area contributed by atoms with E-state index < -0.39 is 10.0 Å². The number of hydrogen-bond acceptors (Lipinski definition) is 4. The first-order valence-electron chi connectivity index (χ1n) is 6.31. The van der Waals surface area contributed by atoms with Crippen LogP contribution in [0.2, 0.25) is 0 Å². The van der Waals surface area contributed by atoms with Gasteiger partial charge in [-0.3, -0.25) is 0 Å². The van der Waals surface area contributed by atoms with Crippen LogP contribution in [0, 0.1) is 0 Å². The highest BCUT2D eigenvalue weighted by Gasteiger charge is 2.36. The highest BCUT2D eigenvalue weighted by molar-refractivity contribution is 7.89. The van der Waals surface area contributed by atoms with Crippen LogP contribution in [0.5, 0.6) is 0 Å². The maximum atomic E-state index is 11.9. The summed E-state index contributed by atoms with van der Waals surface area (Å²) in [6.07, 6.45) is 3.00. The summed E-state index contributed by atoms with van der Waals surface area (Å²) >= 11 is 0. The van der Waals surface area contributed by atoms with Gasteiger partial charge in [0.2, 0.25) is 10.0 Å². The highest BCUT2D eigenvalue weighted by atomic mass is 32.2. The van der Waals surface area contributed by atoms with E-state index in [1.165, 1.54) is 18.4 Å². The molecule has 1 saturated carbocycles. The highest BCUT2D eigenvalue weighted by Crippen LogP contribution is 2.35. The van der Waals surface area contributed by atoms with E-state index in [4.69, 9.17) is 0 Å². The van der Waals surface area contributed by atoms with Crippen LogP contribution in [0.1, 0.15) is 19.3 Å². The van der Waals surface area contributed by atoms with E-state index in [0.29, 0.717) is 0 Å². The van der Waals surface area contributed by atoms with Gasteiger partial charge in [-0.2, -0.15) is 0 Å². The monoisotopic (exact) mass is 284 g/mol. The lowest BCUT2D eigenvalue weighted by Gasteiger charge is -2.41. The van der Waals surface area contributed by atoms with Crippen LogP contribution in [0.3, 0.4) is 0 Å². The molecular formula is C13H20N2O3S. The van der Waals surface area contributed by atoms with Crippen LogP contribution in [-0.2, 0) is 10.0 Å². The zero-order chi connectivity index (χ0) is 14.1. The Labute approximate surface area is 114 Å². The van der Waals surface area contributed by atoms with E-state index >= 15 is 0 Å². The Kier molecular flexibility index (Phi) is 3.85. The molecule has 1 aliphatic carbocycles. The first-order valence-corrected chi connectivity index (χ1v) is 7.75. The van der Waals surface area contributed by atoms with E-state index in [0.717, 1.165) is 24.9 Å². The van der Waals surface area contributed by atoms with Gasteiger partial charge in [0.15, 0.2) is 0 Å². The first-order chi connectivity index (χ1) is 8.89. The molecule has 0 amide bonds. The molecule has 106 valence electrons. The molecule has 0 saturated heterocycles. The van der Waals surface area contributed by atoms with E-state index in [9.17, 15) is 13.5 Å². The Morgan fingerprint density at radius 2 is 1.84 bits per heavy atom. The Bertz CT molecular complexity index is 528. The van der Waals surface area contributed by atoms with Crippen molar-refractivity contribution in [2.24, 2.45) is 0 Å². The number of anilines is 1. The number of nitrogens with one attached hydrogen (secondary N) is 1. The molecule has 2 rings (SSSR count). The molecule has 0 bridgehead atoms. The SMILES string of the molecule is CN(C)S(=O)(=O)c1ccc(NC2(CO)CCC2)cc1. The average Bonchev–Trinajstić information content (AvgIpc) is 2.34. The van der Waals surface area contributed by atoms with Crippen molar-refractivity contribution in [3.8, 4) is 0 Å². The van der Waals surface area contributed by atoms with Crippen LogP contribution < -0.4 is 5.32 Å². The Hall–Kier alpha value is -1.11. The lowest BCUT2D eigenvalue weighted by Crippen LogP contribution is -2.48. The molecule has 0 unspecified atom stereocenters. The minimum absolute atomic E-state index is 0.102. The van der Waals surface area contributed by atoms with Crippen molar-refractivity contribution in [1.82, 2.24) is 4.31 Å². The van der Waals surface area contributed by atoms with Crippen molar-refractivity contribution < 1.29 is 13.5 Å². The molecule has 1 aliphatic rings. The molecule has 5 nitrogen and oxygen atoms in total. The first kappa shape index (κ1) is 14.3. The van der Waals surface area contributed by atoms with Crippen LogP contribution in [0.25, 0.3) is 0 Å². The second-order valence-corrected chi connectivity index (χ2v) is 7.38. The van der Waals surface area contributed by atoms with Gasteiger partial charge in [-0.25, -0.2) is 12.7 Å². The Morgan fingerprint density at radius 1 is 1.26 bits per heavy atom. The number of sulfonamides is 1. The summed E-state index contributed by atoms with van der Waals surface area (Å²) in [5, 5.41) is 12.7. The smallest absolute Gasteiger partial charge is 0.242 e. The van der Waals surface area contributed by atoms with Gasteiger partial charge in [0.1, 0.15) is 0 Å². The lowest BCUT2D eigenvalue weighted by atomic mass is 9.77. The number of benzene rings is 1.